The Morgan fingerprint density at radius 1 is 1.20 bits per heavy atom. The van der Waals surface area contributed by atoms with E-state index in [4.69, 9.17) is 9.26 Å². The van der Waals surface area contributed by atoms with Crippen molar-refractivity contribution in [3.05, 3.63) is 77.7 Å². The SMILES string of the molecule is Cc1nc(C(NC(=O)COc2ccccc2)c2ccccc2F)no1. The average molecular weight is 341 g/mol. The number of amides is 1. The summed E-state index contributed by atoms with van der Waals surface area (Å²) in [6, 6.07) is 14.2. The number of aromatic nitrogens is 2. The molecule has 3 rings (SSSR count). The number of halogens is 1. The molecule has 1 atom stereocenters. The monoisotopic (exact) mass is 341 g/mol. The van der Waals surface area contributed by atoms with E-state index in [1.807, 2.05) is 6.07 Å². The van der Waals surface area contributed by atoms with Gasteiger partial charge in [0, 0.05) is 12.5 Å². The molecule has 0 aliphatic rings. The molecule has 1 amide bonds. The molecule has 128 valence electrons. The van der Waals surface area contributed by atoms with E-state index in [9.17, 15) is 9.18 Å². The maximum atomic E-state index is 14.2. The zero-order valence-electron chi connectivity index (χ0n) is 13.5. The predicted octanol–water partition coefficient (Wildman–Crippen LogP) is 2.80. The second-order valence-corrected chi connectivity index (χ2v) is 5.30. The summed E-state index contributed by atoms with van der Waals surface area (Å²) in [6.45, 7) is 1.40. The number of carbonyl (C=O) groups excluding carboxylic acids is 1. The van der Waals surface area contributed by atoms with Crippen LogP contribution >= 0.6 is 0 Å². The van der Waals surface area contributed by atoms with E-state index >= 15 is 0 Å². The molecule has 25 heavy (non-hydrogen) atoms. The van der Waals surface area contributed by atoms with Gasteiger partial charge < -0.3 is 14.6 Å². The highest BCUT2D eigenvalue weighted by molar-refractivity contribution is 5.78. The standard InChI is InChI=1S/C18H16FN3O3/c1-12-20-18(22-25-12)17(14-9-5-6-10-15(14)19)21-16(23)11-24-13-7-3-2-4-8-13/h2-10,17H,11H2,1H3,(H,21,23). The van der Waals surface area contributed by atoms with Crippen LogP contribution in [0.1, 0.15) is 23.3 Å². The summed E-state index contributed by atoms with van der Waals surface area (Å²) in [6.07, 6.45) is 0. The van der Waals surface area contributed by atoms with Crippen molar-refractivity contribution in [1.29, 1.82) is 0 Å². The van der Waals surface area contributed by atoms with Crippen molar-refractivity contribution < 1.29 is 18.4 Å². The predicted molar refractivity (Wildman–Crippen MR) is 87.4 cm³/mol. The topological polar surface area (TPSA) is 77.2 Å². The molecule has 0 aliphatic carbocycles. The molecule has 1 N–H and O–H groups in total. The molecular formula is C18H16FN3O3. The summed E-state index contributed by atoms with van der Waals surface area (Å²) >= 11 is 0. The first-order chi connectivity index (χ1) is 12.1. The molecule has 0 saturated heterocycles. The number of benzene rings is 2. The number of hydrogen-bond acceptors (Lipinski definition) is 5. The summed E-state index contributed by atoms with van der Waals surface area (Å²) in [4.78, 5) is 16.3. The van der Waals surface area contributed by atoms with E-state index in [0.29, 0.717) is 11.6 Å². The molecule has 3 aromatic rings. The minimum atomic E-state index is -0.870. The van der Waals surface area contributed by atoms with Gasteiger partial charge in [-0.05, 0) is 18.2 Å². The van der Waals surface area contributed by atoms with Gasteiger partial charge in [0.2, 0.25) is 5.89 Å². The van der Waals surface area contributed by atoms with Crippen LogP contribution in [0, 0.1) is 12.7 Å². The molecule has 7 heteroatoms. The Morgan fingerprint density at radius 3 is 2.60 bits per heavy atom. The van der Waals surface area contributed by atoms with Crippen LogP contribution in [0.5, 0.6) is 5.75 Å². The minimum Gasteiger partial charge on any atom is -0.484 e. The van der Waals surface area contributed by atoms with Gasteiger partial charge in [0.1, 0.15) is 17.6 Å². The van der Waals surface area contributed by atoms with E-state index < -0.39 is 17.8 Å². The van der Waals surface area contributed by atoms with Gasteiger partial charge in [0.05, 0.1) is 0 Å². The van der Waals surface area contributed by atoms with Gasteiger partial charge in [0.15, 0.2) is 12.4 Å². The van der Waals surface area contributed by atoms with E-state index in [1.165, 1.54) is 6.07 Å². The summed E-state index contributed by atoms with van der Waals surface area (Å²) < 4.78 is 24.5. The smallest absolute Gasteiger partial charge is 0.258 e. The number of nitrogens with one attached hydrogen (secondary N) is 1. The lowest BCUT2D eigenvalue weighted by molar-refractivity contribution is -0.123. The Morgan fingerprint density at radius 2 is 1.92 bits per heavy atom. The Kier molecular flexibility index (Phi) is 5.03. The number of nitrogens with zero attached hydrogens (tertiary/aromatic N) is 2. The second-order valence-electron chi connectivity index (χ2n) is 5.30. The van der Waals surface area contributed by atoms with Gasteiger partial charge in [-0.2, -0.15) is 4.98 Å². The molecule has 0 radical (unpaired) electrons. The molecule has 2 aromatic carbocycles. The summed E-state index contributed by atoms with van der Waals surface area (Å²) in [5.74, 6) is 0.163. The lowest BCUT2D eigenvalue weighted by Gasteiger charge is -2.16. The van der Waals surface area contributed by atoms with E-state index in [-0.39, 0.29) is 18.0 Å². The van der Waals surface area contributed by atoms with Crippen LogP contribution in [0.2, 0.25) is 0 Å². The normalized spacial score (nSPS) is 11.8. The van der Waals surface area contributed by atoms with Crippen molar-refractivity contribution in [3.8, 4) is 5.75 Å². The van der Waals surface area contributed by atoms with Gasteiger partial charge >= 0.3 is 0 Å². The zero-order chi connectivity index (χ0) is 17.6. The van der Waals surface area contributed by atoms with Crippen LogP contribution in [-0.2, 0) is 4.79 Å². The number of para-hydroxylation sites is 1. The third-order valence-corrected chi connectivity index (χ3v) is 3.44. The number of carbonyl (C=O) groups is 1. The molecule has 0 spiro atoms. The summed E-state index contributed by atoms with van der Waals surface area (Å²) in [5, 5.41) is 6.48. The average Bonchev–Trinajstić information content (AvgIpc) is 3.06. The highest BCUT2D eigenvalue weighted by Gasteiger charge is 2.24. The van der Waals surface area contributed by atoms with Crippen molar-refractivity contribution in [2.24, 2.45) is 0 Å². The van der Waals surface area contributed by atoms with Crippen molar-refractivity contribution in [3.63, 3.8) is 0 Å². The lowest BCUT2D eigenvalue weighted by Crippen LogP contribution is -2.34. The molecular weight excluding hydrogens is 325 g/mol. The van der Waals surface area contributed by atoms with E-state index in [0.717, 1.165) is 0 Å². The molecule has 0 fully saturated rings. The highest BCUT2D eigenvalue weighted by atomic mass is 19.1. The first kappa shape index (κ1) is 16.6. The van der Waals surface area contributed by atoms with Crippen LogP contribution in [0.25, 0.3) is 0 Å². The first-order valence-electron chi connectivity index (χ1n) is 7.65. The van der Waals surface area contributed by atoms with Crippen LogP contribution in [-0.4, -0.2) is 22.7 Å². The maximum absolute atomic E-state index is 14.2. The fourth-order valence-electron chi connectivity index (χ4n) is 2.29. The Balaban J connectivity index is 1.76. The van der Waals surface area contributed by atoms with Gasteiger partial charge in [0.25, 0.3) is 5.91 Å². The Hall–Kier alpha value is -3.22. The molecule has 0 aliphatic heterocycles. The largest absolute Gasteiger partial charge is 0.484 e. The highest BCUT2D eigenvalue weighted by Crippen LogP contribution is 2.22. The second kappa shape index (κ2) is 7.57. The number of hydrogen-bond donors (Lipinski definition) is 1. The number of aryl methyl sites for hydroxylation is 1. The lowest BCUT2D eigenvalue weighted by atomic mass is 10.1. The van der Waals surface area contributed by atoms with E-state index in [2.05, 4.69) is 15.5 Å². The third-order valence-electron chi connectivity index (χ3n) is 3.44. The molecule has 0 saturated carbocycles. The van der Waals surface area contributed by atoms with Crippen LogP contribution in [0.4, 0.5) is 4.39 Å². The fourth-order valence-corrected chi connectivity index (χ4v) is 2.29. The van der Waals surface area contributed by atoms with Crippen molar-refractivity contribution >= 4 is 5.91 Å². The first-order valence-corrected chi connectivity index (χ1v) is 7.65. The van der Waals surface area contributed by atoms with Crippen molar-refractivity contribution in [2.75, 3.05) is 6.61 Å². The van der Waals surface area contributed by atoms with Crippen LogP contribution in [0.3, 0.4) is 0 Å². The maximum Gasteiger partial charge on any atom is 0.258 e. The fraction of sp³-hybridized carbons (Fsp3) is 0.167. The zero-order valence-corrected chi connectivity index (χ0v) is 13.5. The summed E-state index contributed by atoms with van der Waals surface area (Å²) in [7, 11) is 0. The Labute approximate surface area is 143 Å². The van der Waals surface area contributed by atoms with E-state index in [1.54, 1.807) is 49.4 Å². The Bertz CT molecular complexity index is 852. The minimum absolute atomic E-state index is 0.177. The number of rotatable bonds is 6. The molecule has 0 bridgehead atoms. The van der Waals surface area contributed by atoms with Gasteiger partial charge in [-0.1, -0.05) is 41.6 Å². The van der Waals surface area contributed by atoms with Gasteiger partial charge in [-0.3, -0.25) is 4.79 Å². The molecule has 1 unspecified atom stereocenters. The third kappa shape index (κ3) is 4.20. The molecule has 6 nitrogen and oxygen atoms in total. The summed E-state index contributed by atoms with van der Waals surface area (Å²) in [5.41, 5.74) is 0.247. The van der Waals surface area contributed by atoms with Gasteiger partial charge in [-0.15, -0.1) is 0 Å². The number of ether oxygens (including phenoxy) is 1. The molecule has 1 heterocycles. The van der Waals surface area contributed by atoms with Crippen molar-refractivity contribution in [2.45, 2.75) is 13.0 Å². The molecule has 1 aromatic heterocycles. The quantitative estimate of drug-likeness (QED) is 0.746. The van der Waals surface area contributed by atoms with Gasteiger partial charge in [-0.25, -0.2) is 4.39 Å². The van der Waals surface area contributed by atoms with Crippen molar-refractivity contribution in [1.82, 2.24) is 15.5 Å². The van der Waals surface area contributed by atoms with Crippen LogP contribution < -0.4 is 10.1 Å². The van der Waals surface area contributed by atoms with Crippen LogP contribution in [0.15, 0.2) is 59.1 Å².